The Labute approximate surface area is 216 Å². The van der Waals surface area contributed by atoms with E-state index in [1.807, 2.05) is 0 Å². The monoisotopic (exact) mass is 521 g/mol. The van der Waals surface area contributed by atoms with Crippen LogP contribution in [0.1, 0.15) is 0 Å². The summed E-state index contributed by atoms with van der Waals surface area (Å²) < 4.78 is 38.4. The van der Waals surface area contributed by atoms with Gasteiger partial charge in [-0.1, -0.05) is 12.1 Å². The fraction of sp³-hybridized carbons (Fsp3) is 0.214. The molecule has 196 valence electrons. The Morgan fingerprint density at radius 3 is 2.50 bits per heavy atom. The van der Waals surface area contributed by atoms with Gasteiger partial charge in [0.2, 0.25) is 0 Å². The molecule has 1 aromatic heterocycles. The first-order valence-corrected chi connectivity index (χ1v) is 12.1. The Balaban J connectivity index is 1.12. The van der Waals surface area contributed by atoms with Gasteiger partial charge in [-0.2, -0.15) is 0 Å². The summed E-state index contributed by atoms with van der Waals surface area (Å²) in [5.41, 5.74) is 1.23. The number of amides is 2. The van der Waals surface area contributed by atoms with Gasteiger partial charge in [0.15, 0.2) is 5.43 Å². The lowest BCUT2D eigenvalue weighted by Crippen LogP contribution is -2.50. The van der Waals surface area contributed by atoms with E-state index in [0.29, 0.717) is 67.2 Å². The molecule has 0 bridgehead atoms. The van der Waals surface area contributed by atoms with Gasteiger partial charge in [0.25, 0.3) is 0 Å². The van der Waals surface area contributed by atoms with Crippen LogP contribution in [0, 0.1) is 11.6 Å². The van der Waals surface area contributed by atoms with Crippen molar-refractivity contribution in [1.82, 2.24) is 9.80 Å². The van der Waals surface area contributed by atoms with E-state index in [0.717, 1.165) is 12.1 Å². The van der Waals surface area contributed by atoms with Crippen LogP contribution in [0.2, 0.25) is 0 Å². The average molecular weight is 522 g/mol. The van der Waals surface area contributed by atoms with E-state index in [1.54, 1.807) is 35.2 Å². The van der Waals surface area contributed by atoms with Crippen molar-refractivity contribution in [2.75, 3.05) is 44.6 Å². The number of urea groups is 1. The second-order valence-electron chi connectivity index (χ2n) is 8.91. The van der Waals surface area contributed by atoms with Gasteiger partial charge in [-0.15, -0.1) is 0 Å². The van der Waals surface area contributed by atoms with Crippen molar-refractivity contribution in [3.8, 4) is 22.6 Å². The standard InChI is InChI=1S/C28H25F2N3O5/c29-19-3-8-25(24(30)15-19)31-28(36)33-11-9-32(10-12-33)13-14-37-21-6-7-22-26(16-21)38-17-23(27(22)35)18-1-4-20(34)5-2-18/h1-8,15-17,34H,9-14H2,(H,31,36). The number of benzene rings is 3. The quantitative estimate of drug-likeness (QED) is 0.383. The molecule has 0 radical (unpaired) electrons. The highest BCUT2D eigenvalue weighted by Crippen LogP contribution is 2.24. The highest BCUT2D eigenvalue weighted by Gasteiger charge is 2.22. The lowest BCUT2D eigenvalue weighted by Gasteiger charge is -2.34. The average Bonchev–Trinajstić information content (AvgIpc) is 2.91. The summed E-state index contributed by atoms with van der Waals surface area (Å²) >= 11 is 0. The summed E-state index contributed by atoms with van der Waals surface area (Å²) in [5.74, 6) is -0.840. The first-order valence-electron chi connectivity index (χ1n) is 12.1. The van der Waals surface area contributed by atoms with E-state index in [9.17, 15) is 23.5 Å². The molecular weight excluding hydrogens is 496 g/mol. The molecule has 2 amide bonds. The maximum absolute atomic E-state index is 13.8. The van der Waals surface area contributed by atoms with Gasteiger partial charge in [0.05, 0.1) is 16.6 Å². The number of carbonyl (C=O) groups excluding carboxylic acids is 1. The van der Waals surface area contributed by atoms with Gasteiger partial charge >= 0.3 is 6.03 Å². The fourth-order valence-electron chi connectivity index (χ4n) is 4.29. The third-order valence-electron chi connectivity index (χ3n) is 6.43. The zero-order chi connectivity index (χ0) is 26.6. The van der Waals surface area contributed by atoms with Gasteiger partial charge in [-0.05, 0) is 42.0 Å². The SMILES string of the molecule is O=C(Nc1ccc(F)cc1F)N1CCN(CCOc2ccc3c(=O)c(-c4ccc(O)cc4)coc3c2)CC1. The van der Waals surface area contributed by atoms with Crippen LogP contribution >= 0.6 is 0 Å². The van der Waals surface area contributed by atoms with Crippen LogP contribution in [0.15, 0.2) is 76.1 Å². The van der Waals surface area contributed by atoms with Crippen LogP contribution in [0.4, 0.5) is 19.3 Å². The van der Waals surface area contributed by atoms with E-state index in [-0.39, 0.29) is 16.9 Å². The molecule has 1 aliphatic heterocycles. The first-order chi connectivity index (χ1) is 18.4. The predicted molar refractivity (Wildman–Crippen MR) is 138 cm³/mol. The highest BCUT2D eigenvalue weighted by molar-refractivity contribution is 5.89. The Bertz CT molecular complexity index is 1520. The summed E-state index contributed by atoms with van der Waals surface area (Å²) in [4.78, 5) is 29.1. The number of carbonyl (C=O) groups is 1. The molecule has 0 unspecified atom stereocenters. The van der Waals surface area contributed by atoms with Crippen molar-refractivity contribution in [3.63, 3.8) is 0 Å². The first kappa shape index (κ1) is 25.2. The number of phenolic OH excluding ortho intramolecular Hbond substituents is 1. The molecule has 2 N–H and O–H groups in total. The summed E-state index contributed by atoms with van der Waals surface area (Å²) in [5, 5.41) is 12.4. The van der Waals surface area contributed by atoms with E-state index < -0.39 is 17.7 Å². The summed E-state index contributed by atoms with van der Waals surface area (Å²) in [7, 11) is 0. The molecule has 1 fully saturated rings. The lowest BCUT2D eigenvalue weighted by molar-refractivity contribution is 0.132. The van der Waals surface area contributed by atoms with Gasteiger partial charge in [0.1, 0.15) is 41.6 Å². The van der Waals surface area contributed by atoms with Gasteiger partial charge < -0.3 is 24.5 Å². The van der Waals surface area contributed by atoms with E-state index >= 15 is 0 Å². The molecular formula is C28H25F2N3O5. The van der Waals surface area contributed by atoms with Crippen molar-refractivity contribution in [3.05, 3.63) is 88.8 Å². The van der Waals surface area contributed by atoms with Crippen molar-refractivity contribution < 1.29 is 27.8 Å². The number of phenols is 1. The number of rotatable bonds is 6. The molecule has 38 heavy (non-hydrogen) atoms. The molecule has 1 aliphatic rings. The van der Waals surface area contributed by atoms with E-state index in [2.05, 4.69) is 10.2 Å². The van der Waals surface area contributed by atoms with Gasteiger partial charge in [0, 0.05) is 44.9 Å². The zero-order valence-electron chi connectivity index (χ0n) is 20.3. The van der Waals surface area contributed by atoms with Crippen LogP contribution in [0.3, 0.4) is 0 Å². The smallest absolute Gasteiger partial charge is 0.322 e. The number of piperazine rings is 1. The topological polar surface area (TPSA) is 95.2 Å². The normalized spacial score (nSPS) is 14.0. The van der Waals surface area contributed by atoms with Gasteiger partial charge in [-0.3, -0.25) is 9.69 Å². The third kappa shape index (κ3) is 5.60. The minimum absolute atomic E-state index is 0.0602. The molecule has 2 heterocycles. The number of ether oxygens (including phenoxy) is 1. The van der Waals surface area contributed by atoms with Gasteiger partial charge in [-0.25, -0.2) is 13.6 Å². The minimum atomic E-state index is -0.820. The Morgan fingerprint density at radius 2 is 1.76 bits per heavy atom. The molecule has 0 aliphatic carbocycles. The Morgan fingerprint density at radius 1 is 1.00 bits per heavy atom. The predicted octanol–water partition coefficient (Wildman–Crippen LogP) is 4.67. The Hall–Kier alpha value is -4.44. The summed E-state index contributed by atoms with van der Waals surface area (Å²) in [6, 6.07) is 14.0. The molecule has 1 saturated heterocycles. The number of hydrogen-bond acceptors (Lipinski definition) is 6. The number of halogens is 2. The van der Waals surface area contributed by atoms with Crippen LogP contribution in [0.25, 0.3) is 22.1 Å². The maximum atomic E-state index is 13.8. The molecule has 0 atom stereocenters. The summed E-state index contributed by atoms with van der Waals surface area (Å²) in [6.45, 7) is 3.18. The number of aromatic hydroxyl groups is 1. The van der Waals surface area contributed by atoms with Crippen molar-refractivity contribution in [2.45, 2.75) is 0 Å². The molecule has 5 rings (SSSR count). The molecule has 4 aromatic rings. The van der Waals surface area contributed by atoms with Crippen molar-refractivity contribution in [1.29, 1.82) is 0 Å². The Kier molecular flexibility index (Phi) is 7.23. The molecule has 10 heteroatoms. The van der Waals surface area contributed by atoms with Crippen LogP contribution in [0.5, 0.6) is 11.5 Å². The molecule has 0 spiro atoms. The molecule has 8 nitrogen and oxygen atoms in total. The lowest BCUT2D eigenvalue weighted by atomic mass is 10.1. The largest absolute Gasteiger partial charge is 0.508 e. The fourth-order valence-corrected chi connectivity index (χ4v) is 4.29. The van der Waals surface area contributed by atoms with Crippen LogP contribution in [-0.4, -0.2) is 60.3 Å². The minimum Gasteiger partial charge on any atom is -0.508 e. The molecule has 0 saturated carbocycles. The maximum Gasteiger partial charge on any atom is 0.322 e. The number of nitrogens with zero attached hydrogens (tertiary/aromatic N) is 2. The second-order valence-corrected chi connectivity index (χ2v) is 8.91. The highest BCUT2D eigenvalue weighted by atomic mass is 19.1. The zero-order valence-corrected chi connectivity index (χ0v) is 20.3. The number of fused-ring (bicyclic) bond motifs is 1. The molecule has 3 aromatic carbocycles. The van der Waals surface area contributed by atoms with Crippen molar-refractivity contribution >= 4 is 22.7 Å². The number of hydrogen-bond donors (Lipinski definition) is 2. The second kappa shape index (κ2) is 10.9. The number of nitrogens with one attached hydrogen (secondary N) is 1. The van der Waals surface area contributed by atoms with E-state index in [4.69, 9.17) is 9.15 Å². The van der Waals surface area contributed by atoms with Crippen LogP contribution in [-0.2, 0) is 0 Å². The van der Waals surface area contributed by atoms with Crippen molar-refractivity contribution in [2.24, 2.45) is 0 Å². The van der Waals surface area contributed by atoms with E-state index in [1.165, 1.54) is 24.5 Å². The number of anilines is 1. The van der Waals surface area contributed by atoms with Crippen LogP contribution < -0.4 is 15.5 Å². The summed E-state index contributed by atoms with van der Waals surface area (Å²) in [6.07, 6.45) is 1.40. The third-order valence-corrected chi connectivity index (χ3v) is 6.43.